The summed E-state index contributed by atoms with van der Waals surface area (Å²) in [5.41, 5.74) is 1.13. The number of alkyl halides is 1. The Balaban J connectivity index is 2.15. The summed E-state index contributed by atoms with van der Waals surface area (Å²) >= 11 is 8.12. The molecule has 1 saturated carbocycles. The Hall–Kier alpha value is 0.640. The van der Waals surface area contributed by atoms with E-state index in [9.17, 15) is 0 Å². The highest BCUT2D eigenvalue weighted by Gasteiger charge is 2.71. The van der Waals surface area contributed by atoms with Gasteiger partial charge in [0.1, 0.15) is 0 Å². The van der Waals surface area contributed by atoms with Crippen LogP contribution in [-0.2, 0) is 0 Å². The summed E-state index contributed by atoms with van der Waals surface area (Å²) in [7, 11) is 0. The molecule has 1 aliphatic carbocycles. The molecule has 1 saturated heterocycles. The Labute approximate surface area is 84.4 Å². The van der Waals surface area contributed by atoms with Crippen LogP contribution in [0.2, 0.25) is 0 Å². The second-order valence-corrected chi connectivity index (χ2v) is 6.65. The molecule has 2 rings (SSSR count). The van der Waals surface area contributed by atoms with Gasteiger partial charge in [0, 0.05) is 16.9 Å². The topological polar surface area (TPSA) is 0 Å². The molecule has 3 atom stereocenters. The molecule has 12 heavy (non-hydrogen) atoms. The zero-order valence-corrected chi connectivity index (χ0v) is 9.63. The van der Waals surface area contributed by atoms with Crippen molar-refractivity contribution in [2.45, 2.75) is 32.4 Å². The molecule has 0 bridgehead atoms. The van der Waals surface area contributed by atoms with Gasteiger partial charge in [0.2, 0.25) is 0 Å². The van der Waals surface area contributed by atoms with Gasteiger partial charge < -0.3 is 0 Å². The Morgan fingerprint density at radius 2 is 2.17 bits per heavy atom. The van der Waals surface area contributed by atoms with Crippen molar-refractivity contribution in [1.82, 2.24) is 0 Å². The van der Waals surface area contributed by atoms with Crippen LogP contribution in [0.25, 0.3) is 0 Å². The third-order valence-electron chi connectivity index (χ3n) is 4.17. The van der Waals surface area contributed by atoms with Crippen molar-refractivity contribution in [3.63, 3.8) is 0 Å². The van der Waals surface area contributed by atoms with Crippen molar-refractivity contribution in [1.29, 1.82) is 0 Å². The fraction of sp³-hybridized carbons (Fsp3) is 1.00. The van der Waals surface area contributed by atoms with E-state index in [1.165, 1.54) is 12.2 Å². The SMILES string of the molecule is CC1CC2(CS1)C(CCl)C2(C)C. The third-order valence-corrected chi connectivity index (χ3v) is 5.90. The fourth-order valence-corrected chi connectivity index (χ4v) is 5.39. The number of hydrogen-bond acceptors (Lipinski definition) is 1. The molecule has 1 heterocycles. The summed E-state index contributed by atoms with van der Waals surface area (Å²) in [6.07, 6.45) is 1.39. The molecule has 0 aromatic carbocycles. The maximum Gasteiger partial charge on any atom is 0.0262 e. The zero-order valence-electron chi connectivity index (χ0n) is 8.06. The van der Waals surface area contributed by atoms with Crippen molar-refractivity contribution >= 4 is 23.4 Å². The zero-order chi connectivity index (χ0) is 8.98. The van der Waals surface area contributed by atoms with Gasteiger partial charge in [-0.3, -0.25) is 0 Å². The quantitative estimate of drug-likeness (QED) is 0.591. The van der Waals surface area contributed by atoms with Crippen LogP contribution in [0, 0.1) is 16.7 Å². The minimum absolute atomic E-state index is 0.520. The van der Waals surface area contributed by atoms with Crippen molar-refractivity contribution in [2.75, 3.05) is 11.6 Å². The van der Waals surface area contributed by atoms with Crippen LogP contribution in [0.1, 0.15) is 27.2 Å². The molecule has 0 aromatic rings. The van der Waals surface area contributed by atoms with E-state index in [1.807, 2.05) is 0 Å². The first kappa shape index (κ1) is 9.21. The van der Waals surface area contributed by atoms with Crippen LogP contribution in [0.5, 0.6) is 0 Å². The minimum atomic E-state index is 0.520. The van der Waals surface area contributed by atoms with E-state index in [2.05, 4.69) is 32.5 Å². The van der Waals surface area contributed by atoms with Gasteiger partial charge in [0.15, 0.2) is 0 Å². The second-order valence-electron chi connectivity index (χ2n) is 4.91. The van der Waals surface area contributed by atoms with Gasteiger partial charge in [-0.2, -0.15) is 11.8 Å². The van der Waals surface area contributed by atoms with E-state index < -0.39 is 0 Å². The standard InChI is InChI=1S/C10H17ClS/c1-7-4-10(6-12-7)8(5-11)9(10,2)3/h7-8H,4-6H2,1-3H3. The molecule has 1 aliphatic heterocycles. The molecule has 0 amide bonds. The lowest BCUT2D eigenvalue weighted by Gasteiger charge is -2.10. The van der Waals surface area contributed by atoms with Crippen LogP contribution < -0.4 is 0 Å². The molecule has 2 fully saturated rings. The number of rotatable bonds is 1. The molecular weight excluding hydrogens is 188 g/mol. The summed E-state index contributed by atoms with van der Waals surface area (Å²) in [5, 5.41) is 0.859. The van der Waals surface area contributed by atoms with Crippen LogP contribution in [0.4, 0.5) is 0 Å². The lowest BCUT2D eigenvalue weighted by Crippen LogP contribution is -2.08. The average Bonchev–Trinajstić information content (AvgIpc) is 2.32. The highest BCUT2D eigenvalue weighted by atomic mass is 35.5. The lowest BCUT2D eigenvalue weighted by atomic mass is 9.93. The molecule has 0 nitrogen and oxygen atoms in total. The third kappa shape index (κ3) is 0.928. The number of halogens is 1. The number of thioether (sulfide) groups is 1. The Bertz CT molecular complexity index is 202. The monoisotopic (exact) mass is 204 g/mol. The maximum absolute atomic E-state index is 5.99. The first-order valence-corrected chi connectivity index (χ1v) is 6.30. The highest BCUT2D eigenvalue weighted by molar-refractivity contribution is 8.00. The maximum atomic E-state index is 5.99. The summed E-state index contributed by atoms with van der Waals surface area (Å²) in [4.78, 5) is 0. The summed E-state index contributed by atoms with van der Waals surface area (Å²) in [5.74, 6) is 2.99. The Morgan fingerprint density at radius 3 is 2.50 bits per heavy atom. The molecule has 1 spiro atoms. The molecule has 3 unspecified atom stereocenters. The van der Waals surface area contributed by atoms with E-state index in [4.69, 9.17) is 11.6 Å². The van der Waals surface area contributed by atoms with Crippen molar-refractivity contribution in [3.8, 4) is 0 Å². The van der Waals surface area contributed by atoms with Gasteiger partial charge in [-0.05, 0) is 23.2 Å². The number of hydrogen-bond donors (Lipinski definition) is 0. The summed E-state index contributed by atoms with van der Waals surface area (Å²) < 4.78 is 0. The average molecular weight is 205 g/mol. The molecule has 2 aliphatic rings. The fourth-order valence-electron chi connectivity index (χ4n) is 3.02. The summed E-state index contributed by atoms with van der Waals surface area (Å²) in [6, 6.07) is 0. The van der Waals surface area contributed by atoms with Gasteiger partial charge in [-0.1, -0.05) is 20.8 Å². The predicted molar refractivity (Wildman–Crippen MR) is 57.0 cm³/mol. The highest BCUT2D eigenvalue weighted by Crippen LogP contribution is 2.75. The van der Waals surface area contributed by atoms with Gasteiger partial charge in [-0.25, -0.2) is 0 Å². The molecule has 0 aromatic heterocycles. The molecule has 70 valence electrons. The van der Waals surface area contributed by atoms with Crippen LogP contribution in [0.15, 0.2) is 0 Å². The second kappa shape index (κ2) is 2.57. The van der Waals surface area contributed by atoms with Crippen molar-refractivity contribution < 1.29 is 0 Å². The minimum Gasteiger partial charge on any atom is -0.158 e. The first-order valence-electron chi connectivity index (χ1n) is 4.72. The van der Waals surface area contributed by atoms with E-state index >= 15 is 0 Å². The molecular formula is C10H17ClS. The van der Waals surface area contributed by atoms with E-state index in [-0.39, 0.29) is 0 Å². The van der Waals surface area contributed by atoms with E-state index in [0.29, 0.717) is 10.8 Å². The van der Waals surface area contributed by atoms with Crippen LogP contribution in [0.3, 0.4) is 0 Å². The van der Waals surface area contributed by atoms with E-state index in [1.54, 1.807) is 0 Å². The van der Waals surface area contributed by atoms with E-state index in [0.717, 1.165) is 17.0 Å². The van der Waals surface area contributed by atoms with Crippen molar-refractivity contribution in [2.24, 2.45) is 16.7 Å². The van der Waals surface area contributed by atoms with Crippen molar-refractivity contribution in [3.05, 3.63) is 0 Å². The van der Waals surface area contributed by atoms with Crippen LogP contribution in [-0.4, -0.2) is 16.9 Å². The summed E-state index contributed by atoms with van der Waals surface area (Å²) in [6.45, 7) is 7.12. The van der Waals surface area contributed by atoms with Gasteiger partial charge in [-0.15, -0.1) is 11.6 Å². The smallest absolute Gasteiger partial charge is 0.0262 e. The Kier molecular flexibility index (Phi) is 1.97. The van der Waals surface area contributed by atoms with Gasteiger partial charge in [0.25, 0.3) is 0 Å². The van der Waals surface area contributed by atoms with Gasteiger partial charge >= 0.3 is 0 Å². The largest absolute Gasteiger partial charge is 0.158 e. The lowest BCUT2D eigenvalue weighted by molar-refractivity contribution is 0.414. The molecule has 0 N–H and O–H groups in total. The molecule has 0 radical (unpaired) electrons. The van der Waals surface area contributed by atoms with Gasteiger partial charge in [0.05, 0.1) is 0 Å². The normalized spacial score (nSPS) is 50.0. The first-order chi connectivity index (χ1) is 5.54. The molecule has 2 heteroatoms. The Morgan fingerprint density at radius 1 is 1.50 bits per heavy atom. The van der Waals surface area contributed by atoms with Crippen LogP contribution >= 0.6 is 23.4 Å². The predicted octanol–water partition coefficient (Wildman–Crippen LogP) is 3.39.